The number of aromatic amines is 1. The summed E-state index contributed by atoms with van der Waals surface area (Å²) < 4.78 is 0. The maximum Gasteiger partial charge on any atom is 0.106 e. The van der Waals surface area contributed by atoms with Crippen molar-refractivity contribution in [3.63, 3.8) is 0 Å². The summed E-state index contributed by atoms with van der Waals surface area (Å²) in [5.41, 5.74) is 1.40. The number of unbranched alkanes of at least 4 members (excludes halogenated alkanes) is 1. The summed E-state index contributed by atoms with van der Waals surface area (Å²) in [5, 5.41) is 11.6. The quantitative estimate of drug-likeness (QED) is 0.833. The second-order valence-electron chi connectivity index (χ2n) is 6.77. The molecule has 3 rings (SSSR count). The van der Waals surface area contributed by atoms with Crippen molar-refractivity contribution in [3.05, 3.63) is 52.6 Å². The Balaban J connectivity index is 1.55. The Morgan fingerprint density at radius 1 is 1.25 bits per heavy atom. The van der Waals surface area contributed by atoms with Crippen molar-refractivity contribution < 1.29 is 5.11 Å². The Kier molecular flexibility index (Phi) is 5.59. The Morgan fingerprint density at radius 2 is 1.96 bits per heavy atom. The number of aliphatic hydroxyl groups is 1. The number of nitrogens with zero attached hydrogens (tertiary/aromatic N) is 2. The van der Waals surface area contributed by atoms with Crippen LogP contribution in [0.5, 0.6) is 0 Å². The summed E-state index contributed by atoms with van der Waals surface area (Å²) in [7, 11) is 0. The minimum atomic E-state index is -0.735. The molecular formula is C19H26ClN3O. The molecule has 0 amide bonds. The maximum absolute atomic E-state index is 10.9. The normalized spacial score (nSPS) is 18.0. The predicted octanol–water partition coefficient (Wildman–Crippen LogP) is 3.89. The minimum Gasteiger partial charge on any atom is -0.385 e. The molecule has 0 radical (unpaired) electrons. The summed E-state index contributed by atoms with van der Waals surface area (Å²) in [4.78, 5) is 10.3. The highest BCUT2D eigenvalue weighted by molar-refractivity contribution is 6.30. The molecule has 1 aliphatic heterocycles. The lowest BCUT2D eigenvalue weighted by atomic mass is 9.84. The van der Waals surface area contributed by atoms with Crippen LogP contribution in [0.1, 0.15) is 49.7 Å². The summed E-state index contributed by atoms with van der Waals surface area (Å²) in [6, 6.07) is 7.58. The first kappa shape index (κ1) is 17.5. The lowest BCUT2D eigenvalue weighted by Gasteiger charge is -2.38. The SMILES string of the molecule is CCCCc1ncc(CN2CCC(O)(c3ccc(Cl)cc3)CC2)[nH]1. The number of hydrogen-bond donors (Lipinski definition) is 2. The monoisotopic (exact) mass is 347 g/mol. The van der Waals surface area contributed by atoms with Crippen LogP contribution in [0, 0.1) is 0 Å². The second-order valence-corrected chi connectivity index (χ2v) is 7.21. The molecule has 1 saturated heterocycles. The van der Waals surface area contributed by atoms with Gasteiger partial charge in [-0.05, 0) is 37.0 Å². The number of benzene rings is 1. The van der Waals surface area contributed by atoms with Crippen LogP contribution in [0.15, 0.2) is 30.5 Å². The first-order chi connectivity index (χ1) is 11.6. The van der Waals surface area contributed by atoms with Gasteiger partial charge < -0.3 is 10.1 Å². The summed E-state index contributed by atoms with van der Waals surface area (Å²) in [6.45, 7) is 4.82. The van der Waals surface area contributed by atoms with Gasteiger partial charge in [-0.25, -0.2) is 4.98 Å². The van der Waals surface area contributed by atoms with Gasteiger partial charge in [0.25, 0.3) is 0 Å². The number of hydrogen-bond acceptors (Lipinski definition) is 3. The van der Waals surface area contributed by atoms with Gasteiger partial charge in [-0.3, -0.25) is 4.90 Å². The van der Waals surface area contributed by atoms with E-state index < -0.39 is 5.60 Å². The number of imidazole rings is 1. The molecule has 0 atom stereocenters. The van der Waals surface area contributed by atoms with E-state index in [1.807, 2.05) is 30.5 Å². The van der Waals surface area contributed by atoms with Gasteiger partial charge in [0.05, 0.1) is 5.60 Å². The summed E-state index contributed by atoms with van der Waals surface area (Å²) >= 11 is 5.94. The van der Waals surface area contributed by atoms with Gasteiger partial charge in [0.1, 0.15) is 5.82 Å². The fraction of sp³-hybridized carbons (Fsp3) is 0.526. The molecule has 130 valence electrons. The molecule has 0 spiro atoms. The summed E-state index contributed by atoms with van der Waals surface area (Å²) in [6.07, 6.45) is 6.81. The lowest BCUT2D eigenvalue weighted by molar-refractivity contribution is -0.0279. The zero-order chi connectivity index (χ0) is 17.0. The number of rotatable bonds is 6. The molecule has 0 bridgehead atoms. The third kappa shape index (κ3) is 4.18. The summed E-state index contributed by atoms with van der Waals surface area (Å²) in [5.74, 6) is 1.08. The smallest absolute Gasteiger partial charge is 0.106 e. The van der Waals surface area contributed by atoms with E-state index in [4.69, 9.17) is 11.6 Å². The highest BCUT2D eigenvalue weighted by atomic mass is 35.5. The van der Waals surface area contributed by atoms with Gasteiger partial charge in [0.2, 0.25) is 0 Å². The van der Waals surface area contributed by atoms with Crippen LogP contribution in [0.2, 0.25) is 5.02 Å². The molecule has 1 aromatic heterocycles. The number of aromatic nitrogens is 2. The maximum atomic E-state index is 10.9. The van der Waals surface area contributed by atoms with Gasteiger partial charge in [-0.2, -0.15) is 0 Å². The molecule has 1 aromatic carbocycles. The van der Waals surface area contributed by atoms with E-state index in [0.717, 1.165) is 56.0 Å². The third-order valence-electron chi connectivity index (χ3n) is 4.91. The number of piperidine rings is 1. The van der Waals surface area contributed by atoms with Crippen molar-refractivity contribution in [2.75, 3.05) is 13.1 Å². The molecule has 2 aromatic rings. The van der Waals surface area contributed by atoms with Gasteiger partial charge in [-0.1, -0.05) is 37.1 Å². The molecule has 0 aliphatic carbocycles. The van der Waals surface area contributed by atoms with Crippen molar-refractivity contribution in [2.24, 2.45) is 0 Å². The third-order valence-corrected chi connectivity index (χ3v) is 5.16. The van der Waals surface area contributed by atoms with Crippen LogP contribution in [0.3, 0.4) is 0 Å². The van der Waals surface area contributed by atoms with Crippen LogP contribution in [-0.4, -0.2) is 33.1 Å². The van der Waals surface area contributed by atoms with Gasteiger partial charge in [0.15, 0.2) is 0 Å². The number of halogens is 1. The molecular weight excluding hydrogens is 322 g/mol. The molecule has 4 nitrogen and oxygen atoms in total. The second kappa shape index (κ2) is 7.68. The fourth-order valence-corrected chi connectivity index (χ4v) is 3.45. The minimum absolute atomic E-state index is 0.706. The van der Waals surface area contributed by atoms with Crippen LogP contribution < -0.4 is 0 Å². The Hall–Kier alpha value is -1.36. The number of likely N-dealkylation sites (tertiary alicyclic amines) is 1. The van der Waals surface area contributed by atoms with E-state index in [1.54, 1.807) is 0 Å². The Morgan fingerprint density at radius 3 is 2.62 bits per heavy atom. The van der Waals surface area contributed by atoms with Gasteiger partial charge in [-0.15, -0.1) is 0 Å². The number of aryl methyl sites for hydroxylation is 1. The van der Waals surface area contributed by atoms with Crippen molar-refractivity contribution >= 4 is 11.6 Å². The van der Waals surface area contributed by atoms with Crippen molar-refractivity contribution in [1.82, 2.24) is 14.9 Å². The molecule has 2 N–H and O–H groups in total. The van der Waals surface area contributed by atoms with Gasteiger partial charge in [0, 0.05) is 43.0 Å². The molecule has 0 unspecified atom stereocenters. The first-order valence-electron chi connectivity index (χ1n) is 8.82. The number of H-pyrrole nitrogens is 1. The van der Waals surface area contributed by atoms with Crippen LogP contribution >= 0.6 is 11.6 Å². The van der Waals surface area contributed by atoms with E-state index in [9.17, 15) is 5.11 Å². The number of nitrogens with one attached hydrogen (secondary N) is 1. The van der Waals surface area contributed by atoms with Gasteiger partial charge >= 0.3 is 0 Å². The van der Waals surface area contributed by atoms with E-state index in [1.165, 1.54) is 12.8 Å². The van der Waals surface area contributed by atoms with E-state index in [-0.39, 0.29) is 0 Å². The van der Waals surface area contributed by atoms with E-state index in [2.05, 4.69) is 21.8 Å². The molecule has 0 saturated carbocycles. The Bertz CT molecular complexity index is 645. The van der Waals surface area contributed by atoms with Crippen molar-refractivity contribution in [1.29, 1.82) is 0 Å². The Labute approximate surface area is 148 Å². The first-order valence-corrected chi connectivity index (χ1v) is 9.20. The van der Waals surface area contributed by atoms with Crippen LogP contribution in [-0.2, 0) is 18.6 Å². The standard InChI is InChI=1S/C19H26ClN3O/c1-2-3-4-18-21-13-17(22-18)14-23-11-9-19(24,10-12-23)15-5-7-16(20)8-6-15/h5-8,13,24H,2-4,9-12,14H2,1H3,(H,21,22). The average Bonchev–Trinajstić information content (AvgIpc) is 3.03. The molecule has 2 heterocycles. The average molecular weight is 348 g/mol. The van der Waals surface area contributed by atoms with E-state index in [0.29, 0.717) is 5.02 Å². The van der Waals surface area contributed by atoms with E-state index >= 15 is 0 Å². The lowest BCUT2D eigenvalue weighted by Crippen LogP contribution is -2.42. The topological polar surface area (TPSA) is 52.1 Å². The van der Waals surface area contributed by atoms with Crippen molar-refractivity contribution in [3.8, 4) is 0 Å². The zero-order valence-electron chi connectivity index (χ0n) is 14.3. The van der Waals surface area contributed by atoms with Crippen LogP contribution in [0.25, 0.3) is 0 Å². The predicted molar refractivity (Wildman–Crippen MR) is 97.1 cm³/mol. The molecule has 1 aliphatic rings. The highest BCUT2D eigenvalue weighted by Gasteiger charge is 2.33. The molecule has 1 fully saturated rings. The molecule has 5 heteroatoms. The van der Waals surface area contributed by atoms with Crippen molar-refractivity contribution in [2.45, 2.75) is 51.2 Å². The van der Waals surface area contributed by atoms with Crippen LogP contribution in [0.4, 0.5) is 0 Å². The molecule has 24 heavy (non-hydrogen) atoms. The highest BCUT2D eigenvalue weighted by Crippen LogP contribution is 2.33. The largest absolute Gasteiger partial charge is 0.385 e. The fourth-order valence-electron chi connectivity index (χ4n) is 3.33. The zero-order valence-corrected chi connectivity index (χ0v) is 15.0.